The third-order valence-corrected chi connectivity index (χ3v) is 4.38. The Balaban J connectivity index is 2.27. The summed E-state index contributed by atoms with van der Waals surface area (Å²) in [5.74, 6) is -1.29. The van der Waals surface area contributed by atoms with Gasteiger partial charge in [0.1, 0.15) is 16.5 Å². The average Bonchev–Trinajstić information content (AvgIpc) is 2.38. The number of hydrogen-bond acceptors (Lipinski definition) is 2. The lowest BCUT2D eigenvalue weighted by molar-refractivity contribution is 0.545. The van der Waals surface area contributed by atoms with Crippen molar-refractivity contribution in [3.05, 3.63) is 65.7 Å². The van der Waals surface area contributed by atoms with Crippen LogP contribution in [0.1, 0.15) is 18.5 Å². The summed E-state index contributed by atoms with van der Waals surface area (Å²) in [6, 6.07) is 9.99. The molecule has 2 aromatic rings. The molecule has 0 aliphatic rings. The van der Waals surface area contributed by atoms with Gasteiger partial charge in [-0.15, -0.1) is 0 Å². The molecule has 0 aliphatic heterocycles. The van der Waals surface area contributed by atoms with Crippen LogP contribution in [0.25, 0.3) is 0 Å². The second-order valence-corrected chi connectivity index (χ2v) is 6.01. The molecule has 2 rings (SSSR count). The van der Waals surface area contributed by atoms with Gasteiger partial charge in [-0.1, -0.05) is 24.3 Å². The summed E-state index contributed by atoms with van der Waals surface area (Å²) in [4.78, 5) is -0.428. The molecule has 0 spiro atoms. The van der Waals surface area contributed by atoms with E-state index in [1.165, 1.54) is 36.4 Å². The Hall–Kier alpha value is -1.79. The first-order valence-corrected chi connectivity index (χ1v) is 7.41. The lowest BCUT2D eigenvalue weighted by Crippen LogP contribution is -2.27. The maximum absolute atomic E-state index is 13.5. The van der Waals surface area contributed by atoms with Crippen LogP contribution in [0, 0.1) is 11.6 Å². The van der Waals surface area contributed by atoms with Crippen molar-refractivity contribution in [3.8, 4) is 0 Å². The topological polar surface area (TPSA) is 46.2 Å². The molecule has 2 aromatic carbocycles. The minimum absolute atomic E-state index is 0.428. The van der Waals surface area contributed by atoms with Crippen molar-refractivity contribution in [1.82, 2.24) is 4.72 Å². The standard InChI is InChI=1S/C14H13F2NO2S/c1-10(11-5-4-6-12(15)9-11)17-20(18,19)14-8-3-2-7-13(14)16/h2-10,17H,1H3. The predicted molar refractivity (Wildman–Crippen MR) is 71.5 cm³/mol. The Morgan fingerprint density at radius 2 is 1.75 bits per heavy atom. The van der Waals surface area contributed by atoms with Crippen molar-refractivity contribution in [3.63, 3.8) is 0 Å². The number of benzene rings is 2. The van der Waals surface area contributed by atoms with E-state index in [2.05, 4.69) is 4.72 Å². The Bertz CT molecular complexity index is 717. The van der Waals surface area contributed by atoms with Gasteiger partial charge in [0.25, 0.3) is 0 Å². The molecule has 1 atom stereocenters. The molecular formula is C14H13F2NO2S. The Morgan fingerprint density at radius 1 is 1.05 bits per heavy atom. The smallest absolute Gasteiger partial charge is 0.207 e. The number of sulfonamides is 1. The third kappa shape index (κ3) is 3.20. The van der Waals surface area contributed by atoms with Crippen LogP contribution in [-0.2, 0) is 10.0 Å². The van der Waals surface area contributed by atoms with Crippen LogP contribution in [0.2, 0.25) is 0 Å². The summed E-state index contributed by atoms with van der Waals surface area (Å²) in [7, 11) is -4.00. The molecule has 0 saturated heterocycles. The van der Waals surface area contributed by atoms with E-state index < -0.39 is 32.6 Å². The highest BCUT2D eigenvalue weighted by atomic mass is 32.2. The quantitative estimate of drug-likeness (QED) is 0.943. The van der Waals surface area contributed by atoms with E-state index in [1.54, 1.807) is 13.0 Å². The molecule has 1 unspecified atom stereocenters. The zero-order valence-corrected chi connectivity index (χ0v) is 11.5. The van der Waals surface area contributed by atoms with E-state index in [4.69, 9.17) is 0 Å². The van der Waals surface area contributed by atoms with Crippen molar-refractivity contribution in [1.29, 1.82) is 0 Å². The van der Waals surface area contributed by atoms with Gasteiger partial charge in [0.15, 0.2) is 0 Å². The molecule has 0 aromatic heterocycles. The van der Waals surface area contributed by atoms with Gasteiger partial charge in [-0.05, 0) is 36.8 Å². The van der Waals surface area contributed by atoms with Gasteiger partial charge >= 0.3 is 0 Å². The summed E-state index contributed by atoms with van der Waals surface area (Å²) in [6.45, 7) is 1.56. The van der Waals surface area contributed by atoms with E-state index in [0.717, 1.165) is 6.07 Å². The first kappa shape index (κ1) is 14.6. The van der Waals surface area contributed by atoms with E-state index in [9.17, 15) is 17.2 Å². The second-order valence-electron chi connectivity index (χ2n) is 4.33. The van der Waals surface area contributed by atoms with Crippen molar-refractivity contribution < 1.29 is 17.2 Å². The van der Waals surface area contributed by atoms with Crippen molar-refractivity contribution >= 4 is 10.0 Å². The van der Waals surface area contributed by atoms with Crippen molar-refractivity contribution in [2.45, 2.75) is 17.9 Å². The molecule has 106 valence electrons. The van der Waals surface area contributed by atoms with E-state index in [1.807, 2.05) is 0 Å². The molecule has 6 heteroatoms. The maximum atomic E-state index is 13.5. The summed E-state index contributed by atoms with van der Waals surface area (Å²) < 4.78 is 53.1. The molecular weight excluding hydrogens is 284 g/mol. The Labute approximate surface area is 116 Å². The van der Waals surface area contributed by atoms with E-state index in [-0.39, 0.29) is 0 Å². The van der Waals surface area contributed by atoms with Gasteiger partial charge in [0, 0.05) is 6.04 Å². The molecule has 0 aliphatic carbocycles. The Morgan fingerprint density at radius 3 is 2.40 bits per heavy atom. The monoisotopic (exact) mass is 297 g/mol. The fraction of sp³-hybridized carbons (Fsp3) is 0.143. The van der Waals surface area contributed by atoms with Gasteiger partial charge in [-0.25, -0.2) is 21.9 Å². The van der Waals surface area contributed by atoms with Crippen LogP contribution in [0.5, 0.6) is 0 Å². The summed E-state index contributed by atoms with van der Waals surface area (Å²) in [6.07, 6.45) is 0. The highest BCUT2D eigenvalue weighted by molar-refractivity contribution is 7.89. The molecule has 1 N–H and O–H groups in total. The number of hydrogen-bond donors (Lipinski definition) is 1. The fourth-order valence-electron chi connectivity index (χ4n) is 1.80. The zero-order valence-electron chi connectivity index (χ0n) is 10.7. The largest absolute Gasteiger partial charge is 0.244 e. The summed E-state index contributed by atoms with van der Waals surface area (Å²) in [5, 5.41) is 0. The minimum atomic E-state index is -4.00. The molecule has 0 heterocycles. The zero-order chi connectivity index (χ0) is 14.8. The van der Waals surface area contributed by atoms with Crippen LogP contribution >= 0.6 is 0 Å². The molecule has 20 heavy (non-hydrogen) atoms. The maximum Gasteiger partial charge on any atom is 0.244 e. The van der Waals surface area contributed by atoms with Gasteiger partial charge in [0.05, 0.1) is 0 Å². The van der Waals surface area contributed by atoms with Crippen LogP contribution in [-0.4, -0.2) is 8.42 Å². The van der Waals surface area contributed by atoms with Gasteiger partial charge < -0.3 is 0 Å². The minimum Gasteiger partial charge on any atom is -0.207 e. The first-order chi connectivity index (χ1) is 9.40. The second kappa shape index (κ2) is 5.68. The SMILES string of the molecule is CC(NS(=O)(=O)c1ccccc1F)c1cccc(F)c1. The lowest BCUT2D eigenvalue weighted by Gasteiger charge is -2.15. The number of halogens is 2. The van der Waals surface area contributed by atoms with Gasteiger partial charge in [-0.2, -0.15) is 0 Å². The summed E-state index contributed by atoms with van der Waals surface area (Å²) in [5.41, 5.74) is 0.463. The van der Waals surface area contributed by atoms with Crippen LogP contribution in [0.15, 0.2) is 53.4 Å². The highest BCUT2D eigenvalue weighted by Crippen LogP contribution is 2.19. The van der Waals surface area contributed by atoms with E-state index in [0.29, 0.717) is 5.56 Å². The molecule has 0 saturated carbocycles. The third-order valence-electron chi connectivity index (χ3n) is 2.81. The highest BCUT2D eigenvalue weighted by Gasteiger charge is 2.21. The predicted octanol–water partition coefficient (Wildman–Crippen LogP) is 3.00. The van der Waals surface area contributed by atoms with Crippen LogP contribution < -0.4 is 4.72 Å². The number of rotatable bonds is 4. The van der Waals surface area contributed by atoms with Crippen molar-refractivity contribution in [2.75, 3.05) is 0 Å². The lowest BCUT2D eigenvalue weighted by atomic mass is 10.1. The first-order valence-electron chi connectivity index (χ1n) is 5.92. The molecule has 0 bridgehead atoms. The average molecular weight is 297 g/mol. The fourth-order valence-corrected chi connectivity index (χ4v) is 3.11. The molecule has 0 amide bonds. The molecule has 0 fully saturated rings. The van der Waals surface area contributed by atoms with Crippen molar-refractivity contribution in [2.24, 2.45) is 0 Å². The summed E-state index contributed by atoms with van der Waals surface area (Å²) >= 11 is 0. The van der Waals surface area contributed by atoms with Crippen LogP contribution in [0.3, 0.4) is 0 Å². The normalized spacial score (nSPS) is 13.2. The van der Waals surface area contributed by atoms with Gasteiger partial charge in [-0.3, -0.25) is 0 Å². The Kier molecular flexibility index (Phi) is 4.15. The molecule has 0 radical (unpaired) electrons. The van der Waals surface area contributed by atoms with Gasteiger partial charge in [0.2, 0.25) is 10.0 Å². The number of nitrogens with one attached hydrogen (secondary N) is 1. The van der Waals surface area contributed by atoms with Crippen LogP contribution in [0.4, 0.5) is 8.78 Å². The molecule has 3 nitrogen and oxygen atoms in total. The van der Waals surface area contributed by atoms with E-state index >= 15 is 0 Å².